The zero-order valence-corrected chi connectivity index (χ0v) is 15.6. The highest BCUT2D eigenvalue weighted by Gasteiger charge is 2.30. The Morgan fingerprint density at radius 3 is 2.69 bits per heavy atom. The molecule has 0 aliphatic carbocycles. The quantitative estimate of drug-likeness (QED) is 0.696. The zero-order chi connectivity index (χ0) is 18.4. The Morgan fingerprint density at radius 1 is 1.19 bits per heavy atom. The van der Waals surface area contributed by atoms with E-state index >= 15 is 0 Å². The number of carbonyl (C=O) groups excluding carboxylic acids is 1. The zero-order valence-electron chi connectivity index (χ0n) is 14.8. The number of hydrogen-bond acceptors (Lipinski definition) is 4. The van der Waals surface area contributed by atoms with Gasteiger partial charge in [-0.25, -0.2) is 10.9 Å². The molecule has 6 heteroatoms. The summed E-state index contributed by atoms with van der Waals surface area (Å²) in [7, 11) is 0. The molecular weight excluding hydrogens is 350 g/mol. The topological polar surface area (TPSA) is 62.4 Å². The summed E-state index contributed by atoms with van der Waals surface area (Å²) in [6.07, 6.45) is 1.63. The number of hydrazine groups is 1. The number of ether oxygens (including phenoxy) is 1. The van der Waals surface area contributed by atoms with Gasteiger partial charge >= 0.3 is 0 Å². The first-order valence-corrected chi connectivity index (χ1v) is 9.30. The van der Waals surface area contributed by atoms with Crippen molar-refractivity contribution in [1.29, 1.82) is 0 Å². The molecule has 2 aromatic rings. The highest BCUT2D eigenvalue weighted by molar-refractivity contribution is 6.31. The highest BCUT2D eigenvalue weighted by Crippen LogP contribution is 2.28. The molecule has 2 aromatic carbocycles. The van der Waals surface area contributed by atoms with E-state index in [1.54, 1.807) is 0 Å². The summed E-state index contributed by atoms with van der Waals surface area (Å²) in [5.74, 6) is 0.824. The molecule has 0 aromatic heterocycles. The van der Waals surface area contributed by atoms with Crippen molar-refractivity contribution in [3.8, 4) is 5.75 Å². The van der Waals surface area contributed by atoms with Crippen LogP contribution in [-0.4, -0.2) is 18.6 Å². The molecule has 5 nitrogen and oxygen atoms in total. The maximum atomic E-state index is 12.4. The van der Waals surface area contributed by atoms with E-state index < -0.39 is 0 Å². The van der Waals surface area contributed by atoms with Gasteiger partial charge in [-0.2, -0.15) is 0 Å². The third-order valence-corrected chi connectivity index (χ3v) is 4.71. The van der Waals surface area contributed by atoms with E-state index in [-0.39, 0.29) is 18.0 Å². The molecule has 26 heavy (non-hydrogen) atoms. The molecule has 0 radical (unpaired) electrons. The first-order chi connectivity index (χ1) is 12.7. The van der Waals surface area contributed by atoms with Gasteiger partial charge < -0.3 is 10.1 Å². The molecular formula is C20H24ClN3O2. The molecule has 1 saturated heterocycles. The fourth-order valence-corrected chi connectivity index (χ4v) is 3.19. The Hall–Kier alpha value is -2.08. The third-order valence-electron chi connectivity index (χ3n) is 4.36. The number of nitrogens with one attached hydrogen (secondary N) is 3. The van der Waals surface area contributed by atoms with E-state index in [1.807, 2.05) is 48.5 Å². The predicted octanol–water partition coefficient (Wildman–Crippen LogP) is 3.35. The van der Waals surface area contributed by atoms with Crippen LogP contribution in [0, 0.1) is 0 Å². The van der Waals surface area contributed by atoms with Gasteiger partial charge in [0.25, 0.3) is 0 Å². The lowest BCUT2D eigenvalue weighted by molar-refractivity contribution is -0.123. The molecule has 2 atom stereocenters. The predicted molar refractivity (Wildman–Crippen MR) is 103 cm³/mol. The minimum absolute atomic E-state index is 0.0226. The second-order valence-corrected chi connectivity index (χ2v) is 6.77. The van der Waals surface area contributed by atoms with Gasteiger partial charge in [0, 0.05) is 17.6 Å². The second-order valence-electron chi connectivity index (χ2n) is 6.36. The summed E-state index contributed by atoms with van der Waals surface area (Å²) in [6.45, 7) is 3.27. The smallest absolute Gasteiger partial charge is 0.238 e. The monoisotopic (exact) mass is 373 g/mol. The largest absolute Gasteiger partial charge is 0.494 e. The van der Waals surface area contributed by atoms with E-state index in [0.717, 1.165) is 23.3 Å². The van der Waals surface area contributed by atoms with E-state index in [4.69, 9.17) is 16.3 Å². The van der Waals surface area contributed by atoms with Crippen LogP contribution in [0.3, 0.4) is 0 Å². The first kappa shape index (κ1) is 18.7. The lowest BCUT2D eigenvalue weighted by Crippen LogP contribution is -2.42. The SMILES string of the molecule is CCCOc1ccc(CNC(=O)C2CC(c3ccccc3Cl)NN2)cc1. The van der Waals surface area contributed by atoms with E-state index in [1.165, 1.54) is 0 Å². The minimum atomic E-state index is -0.288. The molecule has 138 valence electrons. The number of benzene rings is 2. The van der Waals surface area contributed by atoms with Gasteiger partial charge in [0.05, 0.1) is 6.61 Å². The number of rotatable bonds is 7. The van der Waals surface area contributed by atoms with Crippen LogP contribution in [0.2, 0.25) is 5.02 Å². The fourth-order valence-electron chi connectivity index (χ4n) is 2.93. The van der Waals surface area contributed by atoms with Gasteiger partial charge in [-0.15, -0.1) is 0 Å². The van der Waals surface area contributed by atoms with Crippen LogP contribution in [0.5, 0.6) is 5.75 Å². The molecule has 0 spiro atoms. The van der Waals surface area contributed by atoms with Crippen LogP contribution < -0.4 is 20.9 Å². The maximum absolute atomic E-state index is 12.4. The molecule has 1 heterocycles. The summed E-state index contributed by atoms with van der Waals surface area (Å²) >= 11 is 6.24. The Morgan fingerprint density at radius 2 is 1.96 bits per heavy atom. The normalized spacial score (nSPS) is 19.3. The van der Waals surface area contributed by atoms with Gasteiger partial charge in [0.2, 0.25) is 5.91 Å². The van der Waals surface area contributed by atoms with Gasteiger partial charge in [-0.05, 0) is 42.2 Å². The van der Waals surface area contributed by atoms with Crippen LogP contribution >= 0.6 is 11.6 Å². The molecule has 3 rings (SSSR count). The third kappa shape index (κ3) is 4.75. The number of amides is 1. The van der Waals surface area contributed by atoms with Crippen molar-refractivity contribution in [3.05, 3.63) is 64.7 Å². The van der Waals surface area contributed by atoms with Crippen molar-refractivity contribution in [1.82, 2.24) is 16.2 Å². The molecule has 2 unspecified atom stereocenters. The molecule has 0 bridgehead atoms. The van der Waals surface area contributed by atoms with E-state index in [9.17, 15) is 4.79 Å². The van der Waals surface area contributed by atoms with Gasteiger partial charge in [0.1, 0.15) is 11.8 Å². The van der Waals surface area contributed by atoms with Crippen LogP contribution in [0.1, 0.15) is 36.9 Å². The Balaban J connectivity index is 1.49. The highest BCUT2D eigenvalue weighted by atomic mass is 35.5. The van der Waals surface area contributed by atoms with Gasteiger partial charge in [-0.3, -0.25) is 4.79 Å². The van der Waals surface area contributed by atoms with Crippen molar-refractivity contribution < 1.29 is 9.53 Å². The van der Waals surface area contributed by atoms with Crippen molar-refractivity contribution >= 4 is 17.5 Å². The second kappa shape index (κ2) is 9.03. The van der Waals surface area contributed by atoms with Crippen molar-refractivity contribution in [2.24, 2.45) is 0 Å². The van der Waals surface area contributed by atoms with Crippen LogP contribution in [0.25, 0.3) is 0 Å². The lowest BCUT2D eigenvalue weighted by atomic mass is 10.0. The van der Waals surface area contributed by atoms with E-state index in [2.05, 4.69) is 23.1 Å². The van der Waals surface area contributed by atoms with Crippen LogP contribution in [0.15, 0.2) is 48.5 Å². The molecule has 1 aliphatic rings. The van der Waals surface area contributed by atoms with Gasteiger partial charge in [0.15, 0.2) is 0 Å². The van der Waals surface area contributed by atoms with Crippen molar-refractivity contribution in [2.75, 3.05) is 6.61 Å². The standard InChI is InChI=1S/C20H24ClN3O2/c1-2-11-26-15-9-7-14(8-10-15)13-22-20(25)19-12-18(23-24-19)16-5-3-4-6-17(16)21/h3-10,18-19,23-24H,2,11-13H2,1H3,(H,22,25). The Bertz CT molecular complexity index is 736. The van der Waals surface area contributed by atoms with E-state index in [0.29, 0.717) is 24.6 Å². The van der Waals surface area contributed by atoms with Crippen LogP contribution in [-0.2, 0) is 11.3 Å². The van der Waals surface area contributed by atoms with Crippen molar-refractivity contribution in [3.63, 3.8) is 0 Å². The van der Waals surface area contributed by atoms with Crippen molar-refractivity contribution in [2.45, 2.75) is 38.4 Å². The molecule has 1 aliphatic heterocycles. The number of halogens is 1. The maximum Gasteiger partial charge on any atom is 0.238 e. The summed E-state index contributed by atoms with van der Waals surface area (Å²) in [6, 6.07) is 15.2. The first-order valence-electron chi connectivity index (χ1n) is 8.92. The average Bonchev–Trinajstić information content (AvgIpc) is 3.15. The fraction of sp³-hybridized carbons (Fsp3) is 0.350. The lowest BCUT2D eigenvalue weighted by Gasteiger charge is -2.12. The van der Waals surface area contributed by atoms with Crippen LogP contribution in [0.4, 0.5) is 0 Å². The molecule has 1 amide bonds. The molecule has 1 fully saturated rings. The minimum Gasteiger partial charge on any atom is -0.494 e. The Labute approximate surface area is 159 Å². The molecule has 0 saturated carbocycles. The van der Waals surface area contributed by atoms with Gasteiger partial charge in [-0.1, -0.05) is 48.9 Å². The average molecular weight is 374 g/mol. The molecule has 3 N–H and O–H groups in total. The summed E-state index contributed by atoms with van der Waals surface area (Å²) < 4.78 is 5.56. The summed E-state index contributed by atoms with van der Waals surface area (Å²) in [5.41, 5.74) is 8.26. The Kier molecular flexibility index (Phi) is 6.50. The summed E-state index contributed by atoms with van der Waals surface area (Å²) in [5, 5.41) is 3.68. The number of hydrogen-bond donors (Lipinski definition) is 3. The number of carbonyl (C=O) groups is 1. The summed E-state index contributed by atoms with van der Waals surface area (Å²) in [4.78, 5) is 12.4.